The molecule has 2 aromatic carbocycles. The molecule has 3 N–H and O–H groups in total. The second-order valence-electron chi connectivity index (χ2n) is 6.30. The van der Waals surface area contributed by atoms with Crippen molar-refractivity contribution in [1.29, 1.82) is 0 Å². The van der Waals surface area contributed by atoms with Gasteiger partial charge in [-0.2, -0.15) is 15.5 Å². The van der Waals surface area contributed by atoms with Crippen molar-refractivity contribution >= 4 is 46.1 Å². The predicted molar refractivity (Wildman–Crippen MR) is 112 cm³/mol. The van der Waals surface area contributed by atoms with E-state index in [2.05, 4.69) is 20.6 Å². The van der Waals surface area contributed by atoms with E-state index in [4.69, 9.17) is 17.4 Å². The summed E-state index contributed by atoms with van der Waals surface area (Å²) in [6, 6.07) is 13.4. The van der Waals surface area contributed by atoms with Gasteiger partial charge in [-0.15, -0.1) is 0 Å². The first-order valence-corrected chi connectivity index (χ1v) is 9.26. The lowest BCUT2D eigenvalue weighted by molar-refractivity contribution is -0.991. The molecular formula is C19H18N6O4S. The lowest BCUT2D eigenvalue weighted by Gasteiger charge is -2.28. The summed E-state index contributed by atoms with van der Waals surface area (Å²) >= 11 is 5.14. The molecule has 0 radical (unpaired) electrons. The molecule has 1 heterocycles. The van der Waals surface area contributed by atoms with Gasteiger partial charge in [-0.05, 0) is 31.3 Å². The van der Waals surface area contributed by atoms with E-state index in [0.29, 0.717) is 17.0 Å². The van der Waals surface area contributed by atoms with Gasteiger partial charge in [0, 0.05) is 17.7 Å². The Labute approximate surface area is 177 Å². The van der Waals surface area contributed by atoms with Crippen molar-refractivity contribution in [3.8, 4) is 0 Å². The summed E-state index contributed by atoms with van der Waals surface area (Å²) in [7, 11) is 0. The fourth-order valence-electron chi connectivity index (χ4n) is 2.61. The van der Waals surface area contributed by atoms with Gasteiger partial charge in [0.15, 0.2) is 17.5 Å². The van der Waals surface area contributed by atoms with Crippen molar-refractivity contribution in [2.45, 2.75) is 13.0 Å². The van der Waals surface area contributed by atoms with Crippen LogP contribution in [-0.2, 0) is 4.79 Å². The summed E-state index contributed by atoms with van der Waals surface area (Å²) in [4.78, 5) is 29.2. The molecule has 2 aromatic rings. The number of ketones is 1. The van der Waals surface area contributed by atoms with Crippen molar-refractivity contribution in [3.63, 3.8) is 0 Å². The topological polar surface area (TPSA) is 134 Å². The van der Waals surface area contributed by atoms with Crippen LogP contribution >= 0.6 is 12.2 Å². The van der Waals surface area contributed by atoms with Gasteiger partial charge in [-0.1, -0.05) is 30.3 Å². The smallest absolute Gasteiger partial charge is 0.275 e. The number of hydrazine groups is 1. The molecule has 0 saturated carbocycles. The molecule has 1 unspecified atom stereocenters. The number of carbonyl (C=O) groups is 2. The molecule has 2 atom stereocenters. The number of nitrogens with zero attached hydrogens (tertiary/aromatic N) is 4. The standard InChI is InChI=1S/C19H18N6O4S/c1-12-17(23-22-14-7-9-15(10-8-14)25(28)29)18(27)24(19(30)21-12)20-11-16(26)13-5-3-2-4-6-13/h2-10,17,20,25,28H,11H2,1H3/t17-/m0/s1. The zero-order valence-corrected chi connectivity index (χ0v) is 16.7. The Hall–Kier alpha value is -3.22. The first kappa shape index (κ1) is 21.5. The highest BCUT2D eigenvalue weighted by Gasteiger charge is 2.34. The minimum atomic E-state index is -1.05. The van der Waals surface area contributed by atoms with Crippen molar-refractivity contribution in [3.05, 3.63) is 65.4 Å². The maximum absolute atomic E-state index is 12.8. The minimum Gasteiger partial charge on any atom is -0.595 e. The van der Waals surface area contributed by atoms with Crippen LogP contribution in [0.4, 0.5) is 11.4 Å². The summed E-state index contributed by atoms with van der Waals surface area (Å²) in [6.07, 6.45) is 0. The Morgan fingerprint density at radius 3 is 2.57 bits per heavy atom. The Kier molecular flexibility index (Phi) is 6.82. The number of quaternary nitrogens is 1. The van der Waals surface area contributed by atoms with Gasteiger partial charge in [0.1, 0.15) is 0 Å². The van der Waals surface area contributed by atoms with Crippen molar-refractivity contribution < 1.29 is 20.0 Å². The molecular weight excluding hydrogens is 408 g/mol. The first-order chi connectivity index (χ1) is 14.4. The second-order valence-corrected chi connectivity index (χ2v) is 6.67. The van der Waals surface area contributed by atoms with Gasteiger partial charge in [0.2, 0.25) is 5.11 Å². The van der Waals surface area contributed by atoms with E-state index < -0.39 is 17.2 Å². The molecule has 11 heteroatoms. The summed E-state index contributed by atoms with van der Waals surface area (Å²) in [5.74, 6) is -0.728. The molecule has 3 rings (SSSR count). The van der Waals surface area contributed by atoms with E-state index in [1.165, 1.54) is 24.3 Å². The number of carbonyl (C=O) groups excluding carboxylic acids is 2. The van der Waals surface area contributed by atoms with E-state index in [-0.39, 0.29) is 23.1 Å². The fourth-order valence-corrected chi connectivity index (χ4v) is 2.91. The molecule has 1 aliphatic rings. The SMILES string of the molecule is CC1=NC(=S)N(NCC(=O)c2ccccc2)C(=O)[C@H]1N=Nc1ccc([NH+]([O-])O)cc1. The van der Waals surface area contributed by atoms with Crippen LogP contribution in [0.2, 0.25) is 0 Å². The summed E-state index contributed by atoms with van der Waals surface area (Å²) in [5, 5.41) is 27.8. The number of rotatable bonds is 7. The third-order valence-corrected chi connectivity index (χ3v) is 4.48. The molecule has 10 nitrogen and oxygen atoms in total. The van der Waals surface area contributed by atoms with Crippen LogP contribution in [0, 0.1) is 5.21 Å². The maximum atomic E-state index is 12.8. The zero-order valence-electron chi connectivity index (χ0n) is 15.8. The van der Waals surface area contributed by atoms with Gasteiger partial charge in [0.05, 0.1) is 17.9 Å². The highest BCUT2D eigenvalue weighted by atomic mass is 32.1. The predicted octanol–water partition coefficient (Wildman–Crippen LogP) is 1.52. The lowest BCUT2D eigenvalue weighted by Crippen LogP contribution is -2.99. The number of amides is 1. The normalized spacial score (nSPS) is 17.9. The first-order valence-electron chi connectivity index (χ1n) is 8.86. The van der Waals surface area contributed by atoms with E-state index in [0.717, 1.165) is 5.01 Å². The third-order valence-electron chi connectivity index (χ3n) is 4.21. The summed E-state index contributed by atoms with van der Waals surface area (Å²) in [6.45, 7) is 1.46. The van der Waals surface area contributed by atoms with Crippen LogP contribution < -0.4 is 10.7 Å². The highest BCUT2D eigenvalue weighted by molar-refractivity contribution is 7.80. The van der Waals surface area contributed by atoms with E-state index >= 15 is 0 Å². The molecule has 1 aliphatic heterocycles. The molecule has 1 amide bonds. The number of hydrogen-bond donors (Lipinski definition) is 3. The van der Waals surface area contributed by atoms with Gasteiger partial charge in [-0.25, -0.2) is 20.6 Å². The second kappa shape index (κ2) is 9.52. The largest absolute Gasteiger partial charge is 0.595 e. The van der Waals surface area contributed by atoms with Gasteiger partial charge in [-0.3, -0.25) is 9.59 Å². The molecule has 0 aromatic heterocycles. The Balaban J connectivity index is 1.70. The molecule has 0 saturated heterocycles. The fraction of sp³-hybridized carbons (Fsp3) is 0.158. The average Bonchev–Trinajstić information content (AvgIpc) is 2.74. The van der Waals surface area contributed by atoms with Gasteiger partial charge >= 0.3 is 0 Å². The number of hydrogen-bond acceptors (Lipinski definition) is 8. The third kappa shape index (κ3) is 5.03. The van der Waals surface area contributed by atoms with Crippen molar-refractivity contribution in [1.82, 2.24) is 10.4 Å². The number of benzene rings is 2. The van der Waals surface area contributed by atoms with E-state index in [1.54, 1.807) is 37.3 Å². The van der Waals surface area contributed by atoms with Crippen LogP contribution in [0.5, 0.6) is 0 Å². The van der Waals surface area contributed by atoms with E-state index in [9.17, 15) is 14.8 Å². The number of azo groups is 1. The molecule has 0 fully saturated rings. The average molecular weight is 426 g/mol. The van der Waals surface area contributed by atoms with Crippen molar-refractivity contribution in [2.75, 3.05) is 6.54 Å². The van der Waals surface area contributed by atoms with Crippen molar-refractivity contribution in [2.24, 2.45) is 15.2 Å². The van der Waals surface area contributed by atoms with Gasteiger partial charge in [0.25, 0.3) is 5.91 Å². The minimum absolute atomic E-state index is 0.0179. The summed E-state index contributed by atoms with van der Waals surface area (Å²) < 4.78 is 0. The van der Waals surface area contributed by atoms with E-state index in [1.807, 2.05) is 0 Å². The van der Waals surface area contributed by atoms with Crippen LogP contribution in [0.1, 0.15) is 17.3 Å². The summed E-state index contributed by atoms with van der Waals surface area (Å²) in [5.41, 5.74) is 4.07. The molecule has 30 heavy (non-hydrogen) atoms. The van der Waals surface area contributed by atoms with Crippen LogP contribution in [0.25, 0.3) is 0 Å². The highest BCUT2D eigenvalue weighted by Crippen LogP contribution is 2.17. The van der Waals surface area contributed by atoms with Crippen LogP contribution in [0.15, 0.2) is 69.8 Å². The van der Waals surface area contributed by atoms with Crippen LogP contribution in [-0.4, -0.2) is 45.3 Å². The number of thiocarbonyl (C=S) groups is 1. The van der Waals surface area contributed by atoms with Gasteiger partial charge < -0.3 is 5.21 Å². The molecule has 154 valence electrons. The monoisotopic (exact) mass is 426 g/mol. The quantitative estimate of drug-likeness (QED) is 0.266. The molecule has 0 aliphatic carbocycles. The number of aliphatic imine (C=N–C) groups is 1. The number of nitrogens with one attached hydrogen (secondary N) is 2. The number of Topliss-reactive ketones (excluding diaryl/α,β-unsaturated/α-hetero) is 1. The Morgan fingerprint density at radius 2 is 1.93 bits per heavy atom. The lowest BCUT2D eigenvalue weighted by atomic mass is 10.1. The van der Waals surface area contributed by atoms with Crippen LogP contribution in [0.3, 0.4) is 0 Å². The molecule has 0 spiro atoms. The Bertz CT molecular complexity index is 1010. The molecule has 0 bridgehead atoms. The zero-order chi connectivity index (χ0) is 21.7. The Morgan fingerprint density at radius 1 is 1.27 bits per heavy atom. The maximum Gasteiger partial charge on any atom is 0.275 e.